The average molecular weight is 368 g/mol. The highest BCUT2D eigenvalue weighted by atomic mass is 16.5. The van der Waals surface area contributed by atoms with Crippen molar-refractivity contribution in [3.05, 3.63) is 65.2 Å². The second-order valence-corrected chi connectivity index (χ2v) is 7.01. The minimum atomic E-state index is -0.508. The van der Waals surface area contributed by atoms with Crippen LogP contribution in [0.1, 0.15) is 58.8 Å². The van der Waals surface area contributed by atoms with Gasteiger partial charge in [-0.05, 0) is 58.0 Å². The van der Waals surface area contributed by atoms with Crippen LogP contribution in [0.5, 0.6) is 0 Å². The zero-order valence-corrected chi connectivity index (χ0v) is 16.0. The number of esters is 1. The normalized spacial score (nSPS) is 10.8. The van der Waals surface area contributed by atoms with Gasteiger partial charge in [0, 0.05) is 16.7 Å². The molecule has 6 heteroatoms. The van der Waals surface area contributed by atoms with Crippen LogP contribution in [0, 0.1) is 0 Å². The Kier molecular flexibility index (Phi) is 6.34. The number of hydrogen-bond donors (Lipinski definition) is 2. The number of carbonyl (C=O) groups is 3. The molecule has 0 spiro atoms. The lowest BCUT2D eigenvalue weighted by atomic mass is 10.1. The summed E-state index contributed by atoms with van der Waals surface area (Å²) in [5.41, 5.74) is 0.944. The van der Waals surface area contributed by atoms with E-state index in [-0.39, 0.29) is 23.6 Å². The van der Waals surface area contributed by atoms with Crippen LogP contribution in [0.4, 0.5) is 5.69 Å². The largest absolute Gasteiger partial charge is 0.462 e. The summed E-state index contributed by atoms with van der Waals surface area (Å²) in [7, 11) is 0. The maximum absolute atomic E-state index is 12.6. The first-order valence-electron chi connectivity index (χ1n) is 8.71. The van der Waals surface area contributed by atoms with Gasteiger partial charge in [0.25, 0.3) is 11.8 Å². The first kappa shape index (κ1) is 20.2. The molecule has 6 nitrogen and oxygen atoms in total. The van der Waals surface area contributed by atoms with Gasteiger partial charge in [-0.25, -0.2) is 4.79 Å². The fraction of sp³-hybridized carbons (Fsp3) is 0.286. The van der Waals surface area contributed by atoms with Gasteiger partial charge in [0.1, 0.15) is 0 Å². The molecule has 0 saturated carbocycles. The third-order valence-electron chi connectivity index (χ3n) is 3.55. The van der Waals surface area contributed by atoms with Crippen molar-refractivity contribution in [2.24, 2.45) is 0 Å². The number of ether oxygens (including phenoxy) is 1. The Labute approximate surface area is 158 Å². The Morgan fingerprint density at radius 3 is 2.19 bits per heavy atom. The summed E-state index contributed by atoms with van der Waals surface area (Å²) in [6.07, 6.45) is 0. The summed E-state index contributed by atoms with van der Waals surface area (Å²) < 4.78 is 5.01. The predicted molar refractivity (Wildman–Crippen MR) is 104 cm³/mol. The van der Waals surface area contributed by atoms with Gasteiger partial charge in [-0.2, -0.15) is 0 Å². The number of amides is 2. The standard InChI is InChI=1S/C21H24N2O4/c1-5-27-20(26)16-11-6-7-12-17(16)22-18(24)14-9-8-10-15(13-14)19(25)23-21(2,3)4/h6-13H,5H2,1-4H3,(H,22,24)(H,23,25). The fourth-order valence-corrected chi connectivity index (χ4v) is 2.39. The van der Waals surface area contributed by atoms with Crippen molar-refractivity contribution in [2.45, 2.75) is 33.2 Å². The molecule has 0 unspecified atom stereocenters. The van der Waals surface area contributed by atoms with Gasteiger partial charge in [0.15, 0.2) is 0 Å². The van der Waals surface area contributed by atoms with E-state index in [0.717, 1.165) is 0 Å². The van der Waals surface area contributed by atoms with Gasteiger partial charge < -0.3 is 15.4 Å². The van der Waals surface area contributed by atoms with E-state index in [1.807, 2.05) is 20.8 Å². The lowest BCUT2D eigenvalue weighted by Gasteiger charge is -2.20. The highest BCUT2D eigenvalue weighted by Gasteiger charge is 2.18. The van der Waals surface area contributed by atoms with Gasteiger partial charge in [-0.1, -0.05) is 18.2 Å². The number of carbonyl (C=O) groups excluding carboxylic acids is 3. The van der Waals surface area contributed by atoms with Crippen molar-refractivity contribution in [1.82, 2.24) is 5.32 Å². The zero-order valence-electron chi connectivity index (χ0n) is 16.0. The molecule has 2 rings (SSSR count). The van der Waals surface area contributed by atoms with Crippen molar-refractivity contribution in [2.75, 3.05) is 11.9 Å². The monoisotopic (exact) mass is 368 g/mol. The fourth-order valence-electron chi connectivity index (χ4n) is 2.39. The van der Waals surface area contributed by atoms with Crippen LogP contribution in [0.2, 0.25) is 0 Å². The number of para-hydroxylation sites is 1. The quantitative estimate of drug-likeness (QED) is 0.789. The molecular weight excluding hydrogens is 344 g/mol. The number of rotatable bonds is 5. The predicted octanol–water partition coefficient (Wildman–Crippen LogP) is 3.64. The molecule has 0 aliphatic carbocycles. The molecule has 2 aromatic rings. The summed E-state index contributed by atoms with van der Waals surface area (Å²) in [4.78, 5) is 36.9. The second kappa shape index (κ2) is 8.49. The Bertz CT molecular complexity index is 853. The van der Waals surface area contributed by atoms with E-state index >= 15 is 0 Å². The van der Waals surface area contributed by atoms with Gasteiger partial charge >= 0.3 is 5.97 Å². The molecule has 2 aromatic carbocycles. The molecule has 2 N–H and O–H groups in total. The molecule has 142 valence electrons. The van der Waals surface area contributed by atoms with Crippen molar-refractivity contribution in [3.63, 3.8) is 0 Å². The molecular formula is C21H24N2O4. The van der Waals surface area contributed by atoms with E-state index in [0.29, 0.717) is 16.8 Å². The van der Waals surface area contributed by atoms with E-state index < -0.39 is 11.9 Å². The van der Waals surface area contributed by atoms with Crippen molar-refractivity contribution in [3.8, 4) is 0 Å². The number of benzene rings is 2. The van der Waals surface area contributed by atoms with E-state index in [2.05, 4.69) is 10.6 Å². The van der Waals surface area contributed by atoms with Crippen LogP contribution >= 0.6 is 0 Å². The third-order valence-corrected chi connectivity index (χ3v) is 3.55. The maximum Gasteiger partial charge on any atom is 0.340 e. The number of anilines is 1. The van der Waals surface area contributed by atoms with Crippen LogP contribution in [-0.2, 0) is 4.74 Å². The SMILES string of the molecule is CCOC(=O)c1ccccc1NC(=O)c1cccc(C(=O)NC(C)(C)C)c1. The smallest absolute Gasteiger partial charge is 0.340 e. The third kappa shape index (κ3) is 5.67. The number of nitrogens with one attached hydrogen (secondary N) is 2. The molecule has 0 atom stereocenters. The van der Waals surface area contributed by atoms with Gasteiger partial charge in [0.2, 0.25) is 0 Å². The van der Waals surface area contributed by atoms with Crippen LogP contribution in [0.3, 0.4) is 0 Å². The average Bonchev–Trinajstić information content (AvgIpc) is 2.61. The van der Waals surface area contributed by atoms with Gasteiger partial charge in [0.05, 0.1) is 17.9 Å². The molecule has 0 aliphatic heterocycles. The summed E-state index contributed by atoms with van der Waals surface area (Å²) in [5, 5.41) is 5.57. The lowest BCUT2D eigenvalue weighted by molar-refractivity contribution is 0.0527. The molecule has 0 radical (unpaired) electrons. The van der Waals surface area contributed by atoms with E-state index in [4.69, 9.17) is 4.74 Å². The molecule has 0 heterocycles. The number of hydrogen-bond acceptors (Lipinski definition) is 4. The van der Waals surface area contributed by atoms with Crippen LogP contribution in [-0.4, -0.2) is 29.9 Å². The minimum Gasteiger partial charge on any atom is -0.462 e. The summed E-state index contributed by atoms with van der Waals surface area (Å²) in [6.45, 7) is 7.61. The first-order chi connectivity index (χ1) is 12.7. The first-order valence-corrected chi connectivity index (χ1v) is 8.71. The Morgan fingerprint density at radius 1 is 0.926 bits per heavy atom. The Morgan fingerprint density at radius 2 is 1.56 bits per heavy atom. The van der Waals surface area contributed by atoms with E-state index in [9.17, 15) is 14.4 Å². The molecule has 0 aromatic heterocycles. The van der Waals surface area contributed by atoms with Crippen molar-refractivity contribution in [1.29, 1.82) is 0 Å². The van der Waals surface area contributed by atoms with Crippen molar-refractivity contribution < 1.29 is 19.1 Å². The molecule has 0 aliphatic rings. The molecule has 0 fully saturated rings. The van der Waals surface area contributed by atoms with Crippen LogP contribution in [0.15, 0.2) is 48.5 Å². The molecule has 0 bridgehead atoms. The van der Waals surface area contributed by atoms with E-state index in [1.165, 1.54) is 6.07 Å². The topological polar surface area (TPSA) is 84.5 Å². The second-order valence-electron chi connectivity index (χ2n) is 7.01. The summed E-state index contributed by atoms with van der Waals surface area (Å²) in [6, 6.07) is 13.0. The van der Waals surface area contributed by atoms with Gasteiger partial charge in [-0.3, -0.25) is 9.59 Å². The Balaban J connectivity index is 2.22. The van der Waals surface area contributed by atoms with Crippen molar-refractivity contribution >= 4 is 23.5 Å². The van der Waals surface area contributed by atoms with Gasteiger partial charge in [-0.15, -0.1) is 0 Å². The molecule has 27 heavy (non-hydrogen) atoms. The highest BCUT2D eigenvalue weighted by molar-refractivity contribution is 6.09. The van der Waals surface area contributed by atoms with Crippen LogP contribution < -0.4 is 10.6 Å². The highest BCUT2D eigenvalue weighted by Crippen LogP contribution is 2.18. The minimum absolute atomic E-state index is 0.242. The summed E-state index contributed by atoms with van der Waals surface area (Å²) >= 11 is 0. The zero-order chi connectivity index (χ0) is 20.0. The van der Waals surface area contributed by atoms with E-state index in [1.54, 1.807) is 49.4 Å². The maximum atomic E-state index is 12.6. The van der Waals surface area contributed by atoms with Crippen LogP contribution in [0.25, 0.3) is 0 Å². The molecule has 2 amide bonds. The molecule has 0 saturated heterocycles. The summed E-state index contributed by atoms with van der Waals surface area (Å²) in [5.74, 6) is -1.19. The Hall–Kier alpha value is -3.15. The lowest BCUT2D eigenvalue weighted by Crippen LogP contribution is -2.40.